The Kier molecular flexibility index (Phi) is 4.29. The minimum absolute atomic E-state index is 0.586. The molecule has 1 saturated carbocycles. The molecular formula is C20H21N5. The predicted octanol–water partition coefficient (Wildman–Crippen LogP) is 4.56. The highest BCUT2D eigenvalue weighted by Gasteiger charge is 2.17. The number of hydrogen-bond donors (Lipinski definition) is 2. The number of hydrogen-bond acceptors (Lipinski definition) is 5. The molecule has 5 heteroatoms. The van der Waals surface area contributed by atoms with E-state index in [4.69, 9.17) is 0 Å². The number of aryl methyl sites for hydroxylation is 1. The first-order valence-electron chi connectivity index (χ1n) is 8.67. The van der Waals surface area contributed by atoms with Gasteiger partial charge in [-0.25, -0.2) is 4.98 Å². The van der Waals surface area contributed by atoms with Crippen LogP contribution >= 0.6 is 0 Å². The molecule has 0 saturated heterocycles. The van der Waals surface area contributed by atoms with Gasteiger partial charge in [0.15, 0.2) is 5.82 Å². The standard InChI is InChI=1S/C20H21N5/c1-14-18(15-6-3-2-4-7-15)12-20(25-24-14)23-17-10-11-19(21-13-17)22-16-8-5-9-16/h2-4,6-7,10-13,16H,5,8-9H2,1H3,(H,21,22)(H,23,25). The van der Waals surface area contributed by atoms with E-state index in [-0.39, 0.29) is 0 Å². The first-order chi connectivity index (χ1) is 12.3. The molecule has 1 fully saturated rings. The second kappa shape index (κ2) is 6.89. The van der Waals surface area contributed by atoms with Crippen LogP contribution in [0.2, 0.25) is 0 Å². The minimum atomic E-state index is 0.586. The molecule has 5 nitrogen and oxygen atoms in total. The number of anilines is 3. The molecule has 0 aliphatic heterocycles. The predicted molar refractivity (Wildman–Crippen MR) is 101 cm³/mol. The van der Waals surface area contributed by atoms with E-state index in [9.17, 15) is 0 Å². The molecule has 1 aliphatic rings. The minimum Gasteiger partial charge on any atom is -0.367 e. The van der Waals surface area contributed by atoms with E-state index < -0.39 is 0 Å². The zero-order valence-electron chi connectivity index (χ0n) is 14.2. The summed E-state index contributed by atoms with van der Waals surface area (Å²) >= 11 is 0. The van der Waals surface area contributed by atoms with Crippen LogP contribution in [-0.4, -0.2) is 21.2 Å². The van der Waals surface area contributed by atoms with Gasteiger partial charge in [0.25, 0.3) is 0 Å². The van der Waals surface area contributed by atoms with Gasteiger partial charge in [-0.3, -0.25) is 0 Å². The van der Waals surface area contributed by atoms with Crippen LogP contribution in [0.1, 0.15) is 25.0 Å². The van der Waals surface area contributed by atoms with Crippen LogP contribution in [0.25, 0.3) is 11.1 Å². The Morgan fingerprint density at radius 1 is 0.960 bits per heavy atom. The SMILES string of the molecule is Cc1nnc(Nc2ccc(NC3CCC3)nc2)cc1-c1ccccc1. The lowest BCUT2D eigenvalue weighted by Gasteiger charge is -2.26. The van der Waals surface area contributed by atoms with E-state index in [1.54, 1.807) is 0 Å². The smallest absolute Gasteiger partial charge is 0.153 e. The fourth-order valence-corrected chi connectivity index (χ4v) is 2.89. The number of aromatic nitrogens is 3. The molecular weight excluding hydrogens is 310 g/mol. The molecule has 2 N–H and O–H groups in total. The van der Waals surface area contributed by atoms with Gasteiger partial charge < -0.3 is 10.6 Å². The van der Waals surface area contributed by atoms with Crippen molar-refractivity contribution in [3.8, 4) is 11.1 Å². The molecule has 2 aromatic heterocycles. The lowest BCUT2D eigenvalue weighted by Crippen LogP contribution is -2.27. The van der Waals surface area contributed by atoms with Gasteiger partial charge in [0, 0.05) is 11.6 Å². The molecule has 0 amide bonds. The monoisotopic (exact) mass is 331 g/mol. The van der Waals surface area contributed by atoms with E-state index >= 15 is 0 Å². The van der Waals surface area contributed by atoms with Crippen LogP contribution in [0.4, 0.5) is 17.3 Å². The number of pyridine rings is 1. The highest BCUT2D eigenvalue weighted by Crippen LogP contribution is 2.26. The van der Waals surface area contributed by atoms with E-state index in [1.807, 2.05) is 49.5 Å². The Bertz CT molecular complexity index is 842. The molecule has 3 aromatic rings. The Morgan fingerprint density at radius 3 is 2.48 bits per heavy atom. The molecule has 0 bridgehead atoms. The molecule has 2 heterocycles. The van der Waals surface area contributed by atoms with Crippen LogP contribution in [0, 0.1) is 6.92 Å². The summed E-state index contributed by atoms with van der Waals surface area (Å²) in [6.07, 6.45) is 5.61. The zero-order chi connectivity index (χ0) is 17.1. The maximum Gasteiger partial charge on any atom is 0.153 e. The topological polar surface area (TPSA) is 62.7 Å². The molecule has 0 spiro atoms. The fraction of sp³-hybridized carbons (Fsp3) is 0.250. The molecule has 4 rings (SSSR count). The third kappa shape index (κ3) is 3.60. The summed E-state index contributed by atoms with van der Waals surface area (Å²) in [6, 6.07) is 16.9. The molecule has 0 atom stereocenters. The first kappa shape index (κ1) is 15.6. The first-order valence-corrected chi connectivity index (χ1v) is 8.67. The second-order valence-electron chi connectivity index (χ2n) is 6.42. The van der Waals surface area contributed by atoms with Crippen LogP contribution in [0.15, 0.2) is 54.7 Å². The van der Waals surface area contributed by atoms with E-state index in [0.717, 1.165) is 28.3 Å². The van der Waals surface area contributed by atoms with E-state index in [1.165, 1.54) is 19.3 Å². The van der Waals surface area contributed by atoms with Crippen molar-refractivity contribution in [1.82, 2.24) is 15.2 Å². The van der Waals surface area contributed by atoms with Crippen molar-refractivity contribution in [2.75, 3.05) is 10.6 Å². The van der Waals surface area contributed by atoms with Gasteiger partial charge in [-0.1, -0.05) is 30.3 Å². The van der Waals surface area contributed by atoms with Gasteiger partial charge in [-0.2, -0.15) is 5.10 Å². The van der Waals surface area contributed by atoms with Crippen molar-refractivity contribution in [2.24, 2.45) is 0 Å². The Balaban J connectivity index is 1.50. The Hall–Kier alpha value is -2.95. The molecule has 1 aromatic carbocycles. The largest absolute Gasteiger partial charge is 0.367 e. The van der Waals surface area contributed by atoms with Gasteiger partial charge in [0.2, 0.25) is 0 Å². The normalized spacial score (nSPS) is 14.0. The zero-order valence-corrected chi connectivity index (χ0v) is 14.2. The second-order valence-corrected chi connectivity index (χ2v) is 6.42. The number of nitrogens with zero attached hydrogens (tertiary/aromatic N) is 3. The maximum atomic E-state index is 4.47. The summed E-state index contributed by atoms with van der Waals surface area (Å²) in [5.74, 6) is 1.64. The lowest BCUT2D eigenvalue weighted by molar-refractivity contribution is 0.444. The summed E-state index contributed by atoms with van der Waals surface area (Å²) in [5.41, 5.74) is 4.02. The summed E-state index contributed by atoms with van der Waals surface area (Å²) in [7, 11) is 0. The van der Waals surface area contributed by atoms with E-state index in [0.29, 0.717) is 11.9 Å². The van der Waals surface area contributed by atoms with Crippen LogP contribution < -0.4 is 10.6 Å². The van der Waals surface area contributed by atoms with Crippen molar-refractivity contribution in [2.45, 2.75) is 32.2 Å². The van der Waals surface area contributed by atoms with Gasteiger partial charge in [0.05, 0.1) is 17.6 Å². The van der Waals surface area contributed by atoms with E-state index in [2.05, 4.69) is 37.9 Å². The molecule has 126 valence electrons. The fourth-order valence-electron chi connectivity index (χ4n) is 2.89. The van der Waals surface area contributed by atoms with Gasteiger partial charge in [0.1, 0.15) is 5.82 Å². The average Bonchev–Trinajstić information content (AvgIpc) is 2.62. The third-order valence-electron chi connectivity index (χ3n) is 4.56. The van der Waals surface area contributed by atoms with Gasteiger partial charge in [-0.15, -0.1) is 5.10 Å². The average molecular weight is 331 g/mol. The number of nitrogens with one attached hydrogen (secondary N) is 2. The summed E-state index contributed by atoms with van der Waals surface area (Å²) in [5, 5.41) is 15.3. The van der Waals surface area contributed by atoms with Crippen LogP contribution in [-0.2, 0) is 0 Å². The van der Waals surface area contributed by atoms with Crippen molar-refractivity contribution >= 4 is 17.3 Å². The quantitative estimate of drug-likeness (QED) is 0.718. The highest BCUT2D eigenvalue weighted by molar-refractivity contribution is 5.70. The molecule has 0 unspecified atom stereocenters. The van der Waals surface area contributed by atoms with Crippen LogP contribution in [0.3, 0.4) is 0 Å². The molecule has 25 heavy (non-hydrogen) atoms. The number of rotatable bonds is 5. The van der Waals surface area contributed by atoms with Crippen molar-refractivity contribution < 1.29 is 0 Å². The summed E-state index contributed by atoms with van der Waals surface area (Å²) in [4.78, 5) is 4.47. The van der Waals surface area contributed by atoms with Gasteiger partial charge >= 0.3 is 0 Å². The maximum absolute atomic E-state index is 4.47. The van der Waals surface area contributed by atoms with Crippen LogP contribution in [0.5, 0.6) is 0 Å². The summed E-state index contributed by atoms with van der Waals surface area (Å²) < 4.78 is 0. The lowest BCUT2D eigenvalue weighted by atomic mass is 9.93. The van der Waals surface area contributed by atoms with Crippen molar-refractivity contribution in [1.29, 1.82) is 0 Å². The molecule has 0 radical (unpaired) electrons. The van der Waals surface area contributed by atoms with Gasteiger partial charge in [-0.05, 0) is 49.9 Å². The Morgan fingerprint density at radius 2 is 1.80 bits per heavy atom. The number of benzene rings is 1. The molecule has 1 aliphatic carbocycles. The van der Waals surface area contributed by atoms with Crippen molar-refractivity contribution in [3.05, 3.63) is 60.4 Å². The van der Waals surface area contributed by atoms with Crippen molar-refractivity contribution in [3.63, 3.8) is 0 Å². The Labute approximate surface area is 147 Å². The highest BCUT2D eigenvalue weighted by atomic mass is 15.2. The third-order valence-corrected chi connectivity index (χ3v) is 4.56. The summed E-state index contributed by atoms with van der Waals surface area (Å²) in [6.45, 7) is 1.97.